The van der Waals surface area contributed by atoms with Crippen molar-refractivity contribution < 1.29 is 17.6 Å². The quantitative estimate of drug-likeness (QED) is 0.486. The van der Waals surface area contributed by atoms with Crippen LogP contribution < -0.4 is 0 Å². The zero-order valence-corrected chi connectivity index (χ0v) is 17.4. The fourth-order valence-corrected chi connectivity index (χ4v) is 4.78. The minimum atomic E-state index is -4.43. The SMILES string of the molecule is CC(C)(C)[Si](C)(C)O[C@@H]1CCCC[C@H]1c1ccc(Cl)c(C(F)(F)F)c1. The van der Waals surface area contributed by atoms with Gasteiger partial charge in [0, 0.05) is 5.92 Å². The van der Waals surface area contributed by atoms with E-state index in [1.807, 2.05) is 0 Å². The molecule has 0 aliphatic heterocycles. The summed E-state index contributed by atoms with van der Waals surface area (Å²) in [5.74, 6) is 0.00115. The maximum absolute atomic E-state index is 13.2. The molecule has 142 valence electrons. The van der Waals surface area contributed by atoms with Crippen molar-refractivity contribution in [3.63, 3.8) is 0 Å². The van der Waals surface area contributed by atoms with Gasteiger partial charge in [0.25, 0.3) is 0 Å². The van der Waals surface area contributed by atoms with Crippen molar-refractivity contribution in [1.82, 2.24) is 0 Å². The molecule has 0 saturated heterocycles. The molecule has 1 saturated carbocycles. The van der Waals surface area contributed by atoms with Gasteiger partial charge in [0.05, 0.1) is 16.7 Å². The predicted octanol–water partition coefficient (Wildman–Crippen LogP) is 7.41. The number of hydrogen-bond donors (Lipinski definition) is 0. The molecule has 1 aromatic carbocycles. The minimum Gasteiger partial charge on any atom is -0.413 e. The summed E-state index contributed by atoms with van der Waals surface area (Å²) in [4.78, 5) is 0. The molecule has 0 bridgehead atoms. The second kappa shape index (κ2) is 7.24. The van der Waals surface area contributed by atoms with Crippen molar-refractivity contribution in [3.05, 3.63) is 34.3 Å². The molecule has 0 unspecified atom stereocenters. The third-order valence-electron chi connectivity index (χ3n) is 5.68. The number of alkyl halides is 3. The molecule has 0 amide bonds. The third-order valence-corrected chi connectivity index (χ3v) is 10.5. The van der Waals surface area contributed by atoms with E-state index >= 15 is 0 Å². The van der Waals surface area contributed by atoms with Gasteiger partial charge in [0.2, 0.25) is 0 Å². The minimum absolute atomic E-state index is 0.00115. The molecule has 6 heteroatoms. The van der Waals surface area contributed by atoms with E-state index in [2.05, 4.69) is 33.9 Å². The van der Waals surface area contributed by atoms with Crippen LogP contribution in [-0.4, -0.2) is 14.4 Å². The van der Waals surface area contributed by atoms with E-state index in [1.165, 1.54) is 12.1 Å². The Morgan fingerprint density at radius 2 is 1.68 bits per heavy atom. The largest absolute Gasteiger partial charge is 0.417 e. The van der Waals surface area contributed by atoms with E-state index in [1.54, 1.807) is 6.07 Å². The molecule has 1 aliphatic rings. The lowest BCUT2D eigenvalue weighted by Crippen LogP contribution is -2.46. The second-order valence-corrected chi connectivity index (χ2v) is 13.7. The normalized spacial score (nSPS) is 22.9. The molecule has 1 aromatic rings. The summed E-state index contributed by atoms with van der Waals surface area (Å²) in [6, 6.07) is 4.33. The molecule has 0 spiro atoms. The molecule has 1 fully saturated rings. The van der Waals surface area contributed by atoms with Crippen LogP contribution in [0.25, 0.3) is 0 Å². The van der Waals surface area contributed by atoms with E-state index in [0.29, 0.717) is 5.56 Å². The fourth-order valence-electron chi connectivity index (χ4n) is 3.17. The maximum atomic E-state index is 13.2. The Morgan fingerprint density at radius 1 is 1.08 bits per heavy atom. The van der Waals surface area contributed by atoms with Crippen LogP contribution in [0.1, 0.15) is 63.5 Å². The molecule has 0 radical (unpaired) electrons. The Labute approximate surface area is 155 Å². The summed E-state index contributed by atoms with van der Waals surface area (Å²) >= 11 is 5.78. The van der Waals surface area contributed by atoms with Gasteiger partial charge in [0.1, 0.15) is 0 Å². The molecular formula is C19H28ClF3OSi. The molecule has 25 heavy (non-hydrogen) atoms. The highest BCUT2D eigenvalue weighted by molar-refractivity contribution is 6.74. The first kappa shape index (κ1) is 20.8. The maximum Gasteiger partial charge on any atom is 0.417 e. The van der Waals surface area contributed by atoms with E-state index in [4.69, 9.17) is 16.0 Å². The van der Waals surface area contributed by atoms with Crippen molar-refractivity contribution in [3.8, 4) is 0 Å². The smallest absolute Gasteiger partial charge is 0.413 e. The van der Waals surface area contributed by atoms with Crippen molar-refractivity contribution >= 4 is 19.9 Å². The topological polar surface area (TPSA) is 9.23 Å². The third kappa shape index (κ3) is 4.80. The van der Waals surface area contributed by atoms with Gasteiger partial charge >= 0.3 is 6.18 Å². The highest BCUT2D eigenvalue weighted by atomic mass is 35.5. The number of benzene rings is 1. The van der Waals surface area contributed by atoms with E-state index in [-0.39, 0.29) is 22.1 Å². The number of hydrogen-bond acceptors (Lipinski definition) is 1. The zero-order valence-electron chi connectivity index (χ0n) is 15.6. The lowest BCUT2D eigenvalue weighted by Gasteiger charge is -2.43. The summed E-state index contributed by atoms with van der Waals surface area (Å²) in [6.45, 7) is 10.9. The van der Waals surface area contributed by atoms with Gasteiger partial charge in [-0.2, -0.15) is 13.2 Å². The number of halogens is 4. The van der Waals surface area contributed by atoms with Crippen LogP contribution in [0, 0.1) is 0 Å². The van der Waals surface area contributed by atoms with E-state index in [9.17, 15) is 13.2 Å². The molecule has 1 aliphatic carbocycles. The van der Waals surface area contributed by atoms with Crippen LogP contribution in [0.3, 0.4) is 0 Å². The Bertz CT molecular complexity index is 608. The summed E-state index contributed by atoms with van der Waals surface area (Å²) in [6.07, 6.45) is -0.602. The first-order valence-electron chi connectivity index (χ1n) is 8.87. The summed E-state index contributed by atoms with van der Waals surface area (Å²) in [7, 11) is -1.98. The Hall–Kier alpha value is -0.523. The van der Waals surface area contributed by atoms with Crippen LogP contribution in [0.4, 0.5) is 13.2 Å². The first-order valence-corrected chi connectivity index (χ1v) is 12.2. The molecule has 2 atom stereocenters. The molecule has 0 aromatic heterocycles. The van der Waals surface area contributed by atoms with Gasteiger partial charge in [-0.15, -0.1) is 0 Å². The monoisotopic (exact) mass is 392 g/mol. The van der Waals surface area contributed by atoms with Gasteiger partial charge in [-0.25, -0.2) is 0 Å². The second-order valence-electron chi connectivity index (χ2n) is 8.54. The Kier molecular flexibility index (Phi) is 6.02. The van der Waals surface area contributed by atoms with Crippen LogP contribution >= 0.6 is 11.6 Å². The van der Waals surface area contributed by atoms with Crippen LogP contribution in [0.2, 0.25) is 23.2 Å². The molecule has 0 N–H and O–H groups in total. The lowest BCUT2D eigenvalue weighted by molar-refractivity contribution is -0.137. The standard InChI is InChI=1S/C19H28ClF3OSi/c1-18(2,3)25(4,5)24-17-9-7-6-8-14(17)13-10-11-16(20)15(12-13)19(21,22)23/h10-12,14,17H,6-9H2,1-5H3/t14-,17+/m0/s1. The van der Waals surface area contributed by atoms with Crippen molar-refractivity contribution in [2.24, 2.45) is 0 Å². The molecular weight excluding hydrogens is 365 g/mol. The van der Waals surface area contributed by atoms with Gasteiger partial charge in [-0.05, 0) is 48.7 Å². The Balaban J connectivity index is 2.33. The van der Waals surface area contributed by atoms with Crippen molar-refractivity contribution in [2.45, 2.75) is 82.8 Å². The Morgan fingerprint density at radius 3 is 2.24 bits per heavy atom. The molecule has 2 rings (SSSR count). The summed E-state index contributed by atoms with van der Waals surface area (Å²) < 4.78 is 46.2. The van der Waals surface area contributed by atoms with Crippen LogP contribution in [0.15, 0.2) is 18.2 Å². The summed E-state index contributed by atoms with van der Waals surface area (Å²) in [5, 5.41) is -0.166. The van der Waals surface area contributed by atoms with Gasteiger partial charge in [0.15, 0.2) is 8.32 Å². The highest BCUT2D eigenvalue weighted by Gasteiger charge is 2.42. The van der Waals surface area contributed by atoms with Crippen LogP contribution in [-0.2, 0) is 10.6 Å². The molecule has 1 nitrogen and oxygen atoms in total. The van der Waals surface area contributed by atoms with Crippen LogP contribution in [0.5, 0.6) is 0 Å². The van der Waals surface area contributed by atoms with Gasteiger partial charge in [-0.1, -0.05) is 51.3 Å². The average molecular weight is 393 g/mol. The van der Waals surface area contributed by atoms with Gasteiger partial charge < -0.3 is 4.43 Å². The lowest BCUT2D eigenvalue weighted by atomic mass is 9.81. The summed E-state index contributed by atoms with van der Waals surface area (Å²) in [5.41, 5.74) is -0.0524. The fraction of sp³-hybridized carbons (Fsp3) is 0.684. The van der Waals surface area contributed by atoms with Crippen molar-refractivity contribution in [1.29, 1.82) is 0 Å². The molecule has 0 heterocycles. The highest BCUT2D eigenvalue weighted by Crippen LogP contribution is 2.44. The van der Waals surface area contributed by atoms with Gasteiger partial charge in [-0.3, -0.25) is 0 Å². The average Bonchev–Trinajstić information content (AvgIpc) is 2.46. The van der Waals surface area contributed by atoms with E-state index < -0.39 is 20.1 Å². The van der Waals surface area contributed by atoms with E-state index in [0.717, 1.165) is 25.7 Å². The predicted molar refractivity (Wildman–Crippen MR) is 99.7 cm³/mol. The number of rotatable bonds is 3. The first-order chi connectivity index (χ1) is 11.3. The zero-order chi connectivity index (χ0) is 19.0. The van der Waals surface area contributed by atoms with Crippen molar-refractivity contribution in [2.75, 3.05) is 0 Å².